The number of rotatable bonds is 5. The molecule has 0 bridgehead atoms. The maximum atomic E-state index is 11.1. The van der Waals surface area contributed by atoms with Crippen LogP contribution in [0.25, 0.3) is 0 Å². The maximum Gasteiger partial charge on any atom is 0.326 e. The van der Waals surface area contributed by atoms with Crippen LogP contribution >= 0.6 is 0 Å². The van der Waals surface area contributed by atoms with Gasteiger partial charge in [0, 0.05) is 6.42 Å². The third-order valence-corrected chi connectivity index (χ3v) is 1.70. The molecule has 0 aliphatic rings. The van der Waals surface area contributed by atoms with Crippen LogP contribution in [0.2, 0.25) is 0 Å². The number of nitrogens with two attached hydrogens (primary N) is 1. The average Bonchev–Trinajstić information content (AvgIpc) is 2.15. The van der Waals surface area contributed by atoms with Crippen molar-refractivity contribution < 1.29 is 19.1 Å². The van der Waals surface area contributed by atoms with E-state index in [-0.39, 0.29) is 19.1 Å². The second kappa shape index (κ2) is 6.37. The quantitative estimate of drug-likeness (QED) is 0.517. The Morgan fingerprint density at radius 2 is 1.86 bits per heavy atom. The first-order valence-corrected chi connectivity index (χ1v) is 4.56. The summed E-state index contributed by atoms with van der Waals surface area (Å²) >= 11 is 0. The average molecular weight is 203 g/mol. The van der Waals surface area contributed by atoms with Gasteiger partial charge in [-0.1, -0.05) is 20.8 Å². The zero-order valence-corrected chi connectivity index (χ0v) is 8.78. The minimum absolute atomic E-state index is 0.00405. The molecular weight excluding hydrogens is 186 g/mol. The van der Waals surface area contributed by atoms with Crippen LogP contribution in [-0.2, 0) is 19.1 Å². The Morgan fingerprint density at radius 1 is 1.29 bits per heavy atom. The van der Waals surface area contributed by atoms with Crippen LogP contribution in [0.5, 0.6) is 0 Å². The number of esters is 2. The van der Waals surface area contributed by atoms with Crippen LogP contribution in [0.1, 0.15) is 27.2 Å². The van der Waals surface area contributed by atoms with Gasteiger partial charge in [0.05, 0.1) is 0 Å². The van der Waals surface area contributed by atoms with Crippen molar-refractivity contribution in [2.45, 2.75) is 33.2 Å². The third kappa shape index (κ3) is 4.81. The zero-order valence-electron chi connectivity index (χ0n) is 8.78. The predicted molar refractivity (Wildman–Crippen MR) is 50.2 cm³/mol. The molecule has 5 heteroatoms. The fourth-order valence-corrected chi connectivity index (χ4v) is 0.624. The first kappa shape index (κ1) is 12.9. The smallest absolute Gasteiger partial charge is 0.326 e. The SMILES string of the molecule is CCC(=O)OCOC(=O)[C@@H](N)C(C)C. The van der Waals surface area contributed by atoms with Crippen molar-refractivity contribution in [1.29, 1.82) is 0 Å². The molecule has 0 saturated heterocycles. The molecule has 14 heavy (non-hydrogen) atoms. The van der Waals surface area contributed by atoms with Crippen molar-refractivity contribution in [2.75, 3.05) is 6.79 Å². The number of carbonyl (C=O) groups excluding carboxylic acids is 2. The molecule has 1 atom stereocenters. The number of carbonyl (C=O) groups is 2. The first-order chi connectivity index (χ1) is 6.49. The molecule has 0 unspecified atom stereocenters. The van der Waals surface area contributed by atoms with Crippen molar-refractivity contribution in [3.63, 3.8) is 0 Å². The lowest BCUT2D eigenvalue weighted by atomic mass is 10.1. The van der Waals surface area contributed by atoms with Gasteiger partial charge in [0.2, 0.25) is 6.79 Å². The van der Waals surface area contributed by atoms with E-state index in [0.717, 1.165) is 0 Å². The number of ether oxygens (including phenoxy) is 2. The van der Waals surface area contributed by atoms with E-state index in [1.807, 2.05) is 13.8 Å². The summed E-state index contributed by atoms with van der Waals surface area (Å²) < 4.78 is 9.18. The molecule has 0 heterocycles. The van der Waals surface area contributed by atoms with Crippen LogP contribution < -0.4 is 5.73 Å². The summed E-state index contributed by atoms with van der Waals surface area (Å²) in [4.78, 5) is 21.8. The van der Waals surface area contributed by atoms with Gasteiger partial charge in [-0.25, -0.2) is 0 Å². The van der Waals surface area contributed by atoms with Crippen molar-refractivity contribution in [3.05, 3.63) is 0 Å². The van der Waals surface area contributed by atoms with Crippen LogP contribution in [0.3, 0.4) is 0 Å². The second-order valence-corrected chi connectivity index (χ2v) is 3.22. The zero-order chi connectivity index (χ0) is 11.1. The summed E-state index contributed by atoms with van der Waals surface area (Å²) in [6.07, 6.45) is 0.258. The van der Waals surface area contributed by atoms with Crippen LogP contribution in [0.15, 0.2) is 0 Å². The minimum Gasteiger partial charge on any atom is -0.428 e. The Bertz CT molecular complexity index is 203. The van der Waals surface area contributed by atoms with Crippen molar-refractivity contribution >= 4 is 11.9 Å². The van der Waals surface area contributed by atoms with E-state index in [0.29, 0.717) is 0 Å². The normalized spacial score (nSPS) is 12.4. The van der Waals surface area contributed by atoms with Crippen molar-refractivity contribution in [1.82, 2.24) is 0 Å². The summed E-state index contributed by atoms with van der Waals surface area (Å²) in [6.45, 7) is 4.92. The summed E-state index contributed by atoms with van der Waals surface area (Å²) in [5.41, 5.74) is 5.49. The van der Waals surface area contributed by atoms with Gasteiger partial charge in [0.15, 0.2) is 0 Å². The summed E-state index contributed by atoms with van der Waals surface area (Å²) in [5, 5.41) is 0. The summed E-state index contributed by atoms with van der Waals surface area (Å²) in [7, 11) is 0. The highest BCUT2D eigenvalue weighted by Crippen LogP contribution is 2.00. The highest BCUT2D eigenvalue weighted by atomic mass is 16.7. The van der Waals surface area contributed by atoms with Crippen molar-refractivity contribution in [2.24, 2.45) is 11.7 Å². The monoisotopic (exact) mass is 203 g/mol. The Kier molecular flexibility index (Phi) is 5.87. The summed E-state index contributed by atoms with van der Waals surface area (Å²) in [5.74, 6) is -0.954. The topological polar surface area (TPSA) is 78.6 Å². The van der Waals surface area contributed by atoms with Gasteiger partial charge in [-0.05, 0) is 5.92 Å². The Morgan fingerprint density at radius 3 is 2.29 bits per heavy atom. The molecule has 0 fully saturated rings. The molecule has 0 aromatic heterocycles. The van der Waals surface area contributed by atoms with E-state index in [2.05, 4.69) is 9.47 Å². The molecule has 0 aliphatic carbocycles. The third-order valence-electron chi connectivity index (χ3n) is 1.70. The van der Waals surface area contributed by atoms with Crippen LogP contribution in [-0.4, -0.2) is 24.8 Å². The van der Waals surface area contributed by atoms with E-state index < -0.39 is 18.0 Å². The van der Waals surface area contributed by atoms with Gasteiger partial charge < -0.3 is 15.2 Å². The fraction of sp³-hybridized carbons (Fsp3) is 0.778. The number of hydrogen-bond acceptors (Lipinski definition) is 5. The van der Waals surface area contributed by atoms with E-state index in [1.165, 1.54) is 0 Å². The van der Waals surface area contributed by atoms with Gasteiger partial charge in [-0.2, -0.15) is 0 Å². The van der Waals surface area contributed by atoms with Gasteiger partial charge in [-0.3, -0.25) is 9.59 Å². The van der Waals surface area contributed by atoms with Crippen molar-refractivity contribution in [3.8, 4) is 0 Å². The molecule has 2 N–H and O–H groups in total. The van der Waals surface area contributed by atoms with Crippen LogP contribution in [0, 0.1) is 5.92 Å². The van der Waals surface area contributed by atoms with Gasteiger partial charge in [0.1, 0.15) is 6.04 Å². The van der Waals surface area contributed by atoms with Gasteiger partial charge in [0.25, 0.3) is 0 Å². The molecule has 0 amide bonds. The Hall–Kier alpha value is -1.10. The number of hydrogen-bond donors (Lipinski definition) is 1. The largest absolute Gasteiger partial charge is 0.428 e. The Labute approximate surface area is 83.5 Å². The molecule has 0 aromatic carbocycles. The van der Waals surface area contributed by atoms with E-state index in [1.54, 1.807) is 6.92 Å². The molecule has 0 rings (SSSR count). The first-order valence-electron chi connectivity index (χ1n) is 4.56. The van der Waals surface area contributed by atoms with E-state index in [4.69, 9.17) is 5.73 Å². The van der Waals surface area contributed by atoms with Crippen LogP contribution in [0.4, 0.5) is 0 Å². The molecule has 0 radical (unpaired) electrons. The van der Waals surface area contributed by atoms with Gasteiger partial charge >= 0.3 is 11.9 Å². The second-order valence-electron chi connectivity index (χ2n) is 3.22. The molecule has 82 valence electrons. The molecule has 0 saturated carbocycles. The maximum absolute atomic E-state index is 11.1. The molecule has 0 spiro atoms. The molecule has 0 aliphatic heterocycles. The molecule has 0 aromatic rings. The highest BCUT2D eigenvalue weighted by Gasteiger charge is 2.18. The molecular formula is C9H17NO4. The predicted octanol–water partition coefficient (Wildman–Crippen LogP) is 0.424. The van der Waals surface area contributed by atoms with E-state index >= 15 is 0 Å². The highest BCUT2D eigenvalue weighted by molar-refractivity contribution is 5.76. The van der Waals surface area contributed by atoms with Gasteiger partial charge in [-0.15, -0.1) is 0 Å². The fourth-order valence-electron chi connectivity index (χ4n) is 0.624. The summed E-state index contributed by atoms with van der Waals surface area (Å²) in [6, 6.07) is -0.671. The lowest BCUT2D eigenvalue weighted by Gasteiger charge is -2.13. The minimum atomic E-state index is -0.671. The lowest BCUT2D eigenvalue weighted by Crippen LogP contribution is -2.37. The standard InChI is InChI=1S/C9H17NO4/c1-4-7(11)13-5-14-9(12)8(10)6(2)3/h6,8H,4-5,10H2,1-3H3/t8-/m0/s1. The Balaban J connectivity index is 3.69. The molecule has 5 nitrogen and oxygen atoms in total. The lowest BCUT2D eigenvalue weighted by molar-refractivity contribution is -0.168. The van der Waals surface area contributed by atoms with E-state index in [9.17, 15) is 9.59 Å².